The van der Waals surface area contributed by atoms with Crippen molar-refractivity contribution in [1.29, 1.82) is 0 Å². The van der Waals surface area contributed by atoms with Crippen LogP contribution in [-0.2, 0) is 6.54 Å². The molecule has 19 heavy (non-hydrogen) atoms. The third-order valence-electron chi connectivity index (χ3n) is 2.53. The minimum Gasteiger partial charge on any atom is -0.492 e. The van der Waals surface area contributed by atoms with Crippen molar-refractivity contribution in [3.8, 4) is 5.75 Å². The van der Waals surface area contributed by atoms with Crippen LogP contribution in [0.15, 0.2) is 38.6 Å². The molecule has 0 fully saturated rings. The third-order valence-corrected chi connectivity index (χ3v) is 5.79. The van der Waals surface area contributed by atoms with E-state index in [4.69, 9.17) is 4.74 Å². The summed E-state index contributed by atoms with van der Waals surface area (Å²) in [5.74, 6) is 0.934. The molecule has 0 saturated carbocycles. The summed E-state index contributed by atoms with van der Waals surface area (Å²) in [7, 11) is 0. The Balaban J connectivity index is 1.67. The van der Waals surface area contributed by atoms with Gasteiger partial charge in [-0.25, -0.2) is 0 Å². The van der Waals surface area contributed by atoms with E-state index in [2.05, 4.69) is 56.2 Å². The van der Waals surface area contributed by atoms with Crippen LogP contribution in [0.3, 0.4) is 0 Å². The van der Waals surface area contributed by atoms with Gasteiger partial charge < -0.3 is 10.1 Å². The first-order valence-electron chi connectivity index (χ1n) is 5.99. The van der Waals surface area contributed by atoms with E-state index < -0.39 is 0 Å². The van der Waals surface area contributed by atoms with Gasteiger partial charge in [0.1, 0.15) is 12.4 Å². The second-order valence-electron chi connectivity index (χ2n) is 4.18. The molecule has 1 aromatic carbocycles. The Morgan fingerprint density at radius 1 is 1.26 bits per heavy atom. The second kappa shape index (κ2) is 7.43. The molecule has 1 heterocycles. The summed E-state index contributed by atoms with van der Waals surface area (Å²) in [5.41, 5.74) is 1.22. The number of aryl methyl sites for hydroxylation is 1. The number of halogens is 2. The van der Waals surface area contributed by atoms with Gasteiger partial charge in [-0.05, 0) is 62.5 Å². The maximum atomic E-state index is 5.68. The van der Waals surface area contributed by atoms with Crippen LogP contribution in [0.1, 0.15) is 10.4 Å². The number of ether oxygens (including phenoxy) is 1. The van der Waals surface area contributed by atoms with Crippen molar-refractivity contribution in [3.63, 3.8) is 0 Å². The molecule has 1 aromatic heterocycles. The molecule has 5 heteroatoms. The maximum absolute atomic E-state index is 5.68. The Morgan fingerprint density at radius 2 is 2.11 bits per heavy atom. The molecule has 0 radical (unpaired) electrons. The molecule has 0 amide bonds. The summed E-state index contributed by atoms with van der Waals surface area (Å²) >= 11 is 8.72. The van der Waals surface area contributed by atoms with Gasteiger partial charge in [0.15, 0.2) is 0 Å². The lowest BCUT2D eigenvalue weighted by Crippen LogP contribution is -2.20. The fourth-order valence-electron chi connectivity index (χ4n) is 1.64. The topological polar surface area (TPSA) is 21.3 Å². The van der Waals surface area contributed by atoms with Crippen molar-refractivity contribution >= 4 is 43.2 Å². The number of benzene rings is 1. The van der Waals surface area contributed by atoms with Gasteiger partial charge >= 0.3 is 0 Å². The monoisotopic (exact) mass is 403 g/mol. The lowest BCUT2D eigenvalue weighted by atomic mass is 10.2. The van der Waals surface area contributed by atoms with E-state index in [0.717, 1.165) is 27.1 Å². The van der Waals surface area contributed by atoms with E-state index in [1.54, 1.807) is 11.3 Å². The molecule has 1 N–H and O–H groups in total. The molecule has 0 spiro atoms. The molecule has 0 aliphatic heterocycles. The lowest BCUT2D eigenvalue weighted by Gasteiger charge is -2.07. The first-order valence-corrected chi connectivity index (χ1v) is 8.39. The van der Waals surface area contributed by atoms with Crippen LogP contribution in [0, 0.1) is 6.92 Å². The Kier molecular flexibility index (Phi) is 5.88. The Hall–Kier alpha value is -0.360. The highest BCUT2D eigenvalue weighted by atomic mass is 79.9. The Morgan fingerprint density at radius 3 is 2.79 bits per heavy atom. The molecule has 0 aliphatic rings. The van der Waals surface area contributed by atoms with Crippen molar-refractivity contribution in [1.82, 2.24) is 5.32 Å². The molecule has 0 bridgehead atoms. The molecular formula is C14H15Br2NOS. The van der Waals surface area contributed by atoms with Crippen LogP contribution in [0.5, 0.6) is 5.75 Å². The largest absolute Gasteiger partial charge is 0.492 e. The Labute approximate surface area is 134 Å². The minimum atomic E-state index is 0.678. The van der Waals surface area contributed by atoms with Crippen LogP contribution in [0.25, 0.3) is 0 Å². The fourth-order valence-corrected chi connectivity index (χ4v) is 3.78. The van der Waals surface area contributed by atoms with Crippen molar-refractivity contribution in [2.75, 3.05) is 13.2 Å². The van der Waals surface area contributed by atoms with Gasteiger partial charge in [0.2, 0.25) is 0 Å². The van der Waals surface area contributed by atoms with E-state index in [1.165, 1.54) is 10.4 Å². The number of nitrogens with one attached hydrogen (secondary N) is 1. The maximum Gasteiger partial charge on any atom is 0.119 e. The molecule has 0 saturated heterocycles. The molecule has 0 aliphatic carbocycles. The van der Waals surface area contributed by atoms with E-state index in [-0.39, 0.29) is 0 Å². The van der Waals surface area contributed by atoms with E-state index in [9.17, 15) is 0 Å². The highest BCUT2D eigenvalue weighted by Crippen LogP contribution is 2.32. The van der Waals surface area contributed by atoms with Gasteiger partial charge in [-0.15, -0.1) is 11.3 Å². The molecule has 2 nitrogen and oxygen atoms in total. The fraction of sp³-hybridized carbons (Fsp3) is 0.286. The van der Waals surface area contributed by atoms with E-state index in [0.29, 0.717) is 6.61 Å². The van der Waals surface area contributed by atoms with Gasteiger partial charge in [0, 0.05) is 22.4 Å². The zero-order valence-electron chi connectivity index (χ0n) is 10.6. The van der Waals surface area contributed by atoms with Gasteiger partial charge in [-0.2, -0.15) is 0 Å². The summed E-state index contributed by atoms with van der Waals surface area (Å²) < 4.78 is 7.93. The molecule has 0 atom stereocenters. The summed E-state index contributed by atoms with van der Waals surface area (Å²) in [6, 6.07) is 10.2. The van der Waals surface area contributed by atoms with Crippen LogP contribution in [0.2, 0.25) is 0 Å². The predicted molar refractivity (Wildman–Crippen MR) is 88.1 cm³/mol. The van der Waals surface area contributed by atoms with Crippen molar-refractivity contribution in [3.05, 3.63) is 49.0 Å². The normalized spacial score (nSPS) is 10.7. The zero-order valence-corrected chi connectivity index (χ0v) is 14.6. The molecule has 102 valence electrons. The third kappa shape index (κ3) is 4.91. The SMILES string of the molecule is Cc1cccc(OCCNCc2cc(Br)c(Br)s2)c1. The standard InChI is InChI=1S/C14H15Br2NOS/c1-10-3-2-4-11(7-10)18-6-5-17-9-12-8-13(15)14(16)19-12/h2-4,7-8,17H,5-6,9H2,1H3. The highest BCUT2D eigenvalue weighted by Gasteiger charge is 2.03. The molecule has 2 rings (SSSR count). The van der Waals surface area contributed by atoms with Crippen LogP contribution >= 0.6 is 43.2 Å². The van der Waals surface area contributed by atoms with Gasteiger partial charge in [-0.1, -0.05) is 12.1 Å². The van der Waals surface area contributed by atoms with Crippen molar-refractivity contribution in [2.24, 2.45) is 0 Å². The number of rotatable bonds is 6. The summed E-state index contributed by atoms with van der Waals surface area (Å²) in [6.07, 6.45) is 0. The van der Waals surface area contributed by atoms with Crippen LogP contribution in [0.4, 0.5) is 0 Å². The molecular weight excluding hydrogens is 390 g/mol. The van der Waals surface area contributed by atoms with Crippen LogP contribution in [-0.4, -0.2) is 13.2 Å². The number of hydrogen-bond donors (Lipinski definition) is 1. The van der Waals surface area contributed by atoms with Gasteiger partial charge in [0.05, 0.1) is 3.79 Å². The average molecular weight is 405 g/mol. The quantitative estimate of drug-likeness (QED) is 0.701. The average Bonchev–Trinajstić information content (AvgIpc) is 2.68. The minimum absolute atomic E-state index is 0.678. The molecule has 0 unspecified atom stereocenters. The second-order valence-corrected chi connectivity index (χ2v) is 7.49. The number of hydrogen-bond acceptors (Lipinski definition) is 3. The van der Waals surface area contributed by atoms with Crippen molar-refractivity contribution < 1.29 is 4.74 Å². The zero-order chi connectivity index (χ0) is 13.7. The summed E-state index contributed by atoms with van der Waals surface area (Å²) in [5, 5.41) is 3.37. The Bertz CT molecular complexity index is 522. The lowest BCUT2D eigenvalue weighted by molar-refractivity contribution is 0.313. The summed E-state index contributed by atoms with van der Waals surface area (Å²) in [4.78, 5) is 1.30. The predicted octanol–water partition coefficient (Wildman–Crippen LogP) is 4.75. The smallest absolute Gasteiger partial charge is 0.119 e. The first-order chi connectivity index (χ1) is 9.15. The highest BCUT2D eigenvalue weighted by molar-refractivity contribution is 9.13. The van der Waals surface area contributed by atoms with E-state index in [1.807, 2.05) is 18.2 Å². The summed E-state index contributed by atoms with van der Waals surface area (Å²) in [6.45, 7) is 4.45. The van der Waals surface area contributed by atoms with Gasteiger partial charge in [0.25, 0.3) is 0 Å². The van der Waals surface area contributed by atoms with Crippen LogP contribution < -0.4 is 10.1 Å². The van der Waals surface area contributed by atoms with Gasteiger partial charge in [-0.3, -0.25) is 0 Å². The number of thiophene rings is 1. The molecule has 2 aromatic rings. The van der Waals surface area contributed by atoms with E-state index >= 15 is 0 Å². The van der Waals surface area contributed by atoms with Crippen molar-refractivity contribution in [2.45, 2.75) is 13.5 Å². The first kappa shape index (κ1) is 15.0.